The highest BCUT2D eigenvalue weighted by Crippen LogP contribution is 2.41. The second-order valence-corrected chi connectivity index (χ2v) is 14.0. The van der Waals surface area contributed by atoms with Gasteiger partial charge in [-0.15, -0.1) is 0 Å². The molecular formula is C35H48FN3O4. The number of carbonyl (C=O) groups excluding carboxylic acids is 2. The molecule has 234 valence electrons. The van der Waals surface area contributed by atoms with Gasteiger partial charge in [-0.05, 0) is 44.1 Å². The van der Waals surface area contributed by atoms with E-state index in [1.807, 2.05) is 25.7 Å². The molecule has 2 amide bonds. The van der Waals surface area contributed by atoms with E-state index >= 15 is 0 Å². The number of carbonyl (C=O) groups is 2. The topological polar surface area (TPSA) is 82.8 Å². The normalized spacial score (nSPS) is 23.7. The van der Waals surface area contributed by atoms with Crippen LogP contribution < -0.4 is 5.56 Å². The van der Waals surface area contributed by atoms with Gasteiger partial charge >= 0.3 is 0 Å². The van der Waals surface area contributed by atoms with Crippen molar-refractivity contribution in [2.45, 2.75) is 97.1 Å². The maximum absolute atomic E-state index is 14.9. The molecule has 3 aliphatic rings. The van der Waals surface area contributed by atoms with Gasteiger partial charge in [0.15, 0.2) is 0 Å². The van der Waals surface area contributed by atoms with Crippen molar-refractivity contribution >= 4 is 11.8 Å². The lowest BCUT2D eigenvalue weighted by atomic mass is 9.69. The highest BCUT2D eigenvalue weighted by atomic mass is 19.1. The summed E-state index contributed by atoms with van der Waals surface area (Å²) in [7, 11) is 0. The molecule has 5 rings (SSSR count). The van der Waals surface area contributed by atoms with Crippen molar-refractivity contribution in [3.8, 4) is 11.1 Å². The van der Waals surface area contributed by atoms with Gasteiger partial charge in [0.1, 0.15) is 5.82 Å². The van der Waals surface area contributed by atoms with E-state index in [9.17, 15) is 23.9 Å². The highest BCUT2D eigenvalue weighted by Gasteiger charge is 2.49. The molecule has 7 nitrogen and oxygen atoms in total. The van der Waals surface area contributed by atoms with Crippen LogP contribution in [0.15, 0.2) is 41.3 Å². The molecule has 1 saturated carbocycles. The molecule has 0 radical (unpaired) electrons. The van der Waals surface area contributed by atoms with Crippen LogP contribution in [-0.4, -0.2) is 63.1 Å². The number of amides is 2. The molecule has 0 bridgehead atoms. The number of nitrogens with zero attached hydrogens (tertiary/aromatic N) is 3. The summed E-state index contributed by atoms with van der Waals surface area (Å²) in [5, 5.41) is 12.0. The van der Waals surface area contributed by atoms with Gasteiger partial charge in [-0.2, -0.15) is 0 Å². The summed E-state index contributed by atoms with van der Waals surface area (Å²) >= 11 is 0. The zero-order valence-corrected chi connectivity index (χ0v) is 26.1. The first kappa shape index (κ1) is 31.4. The Bertz CT molecular complexity index is 1380. The molecule has 8 heteroatoms. The lowest BCUT2D eigenvalue weighted by Crippen LogP contribution is -2.61. The standard InChI is InChI=1S/C35H48FN3O4/c1-25(20-26-12-6-4-7-13-26)32(41)38-19-16-35(43,34(2,3)23-38)24-39-22-29(33(42)37-17-10-5-11-18-37)28(21-31(39)40)27-14-8-9-15-30(27)36/h8-9,14-15,21-22,25-26,43H,4-7,10-13,16-20,23-24H2,1-3H3/t25-,35-/m1/s1. The van der Waals surface area contributed by atoms with Crippen molar-refractivity contribution in [1.29, 1.82) is 0 Å². The Kier molecular flexibility index (Phi) is 9.45. The third kappa shape index (κ3) is 6.74. The number of halogens is 1. The van der Waals surface area contributed by atoms with E-state index in [0.717, 1.165) is 25.7 Å². The molecule has 0 unspecified atom stereocenters. The fourth-order valence-corrected chi connectivity index (χ4v) is 7.50. The largest absolute Gasteiger partial charge is 0.387 e. The van der Waals surface area contributed by atoms with Crippen LogP contribution in [-0.2, 0) is 11.3 Å². The molecule has 3 heterocycles. The summed E-state index contributed by atoms with van der Waals surface area (Å²) in [6, 6.07) is 7.51. The number of rotatable bonds is 7. The summed E-state index contributed by atoms with van der Waals surface area (Å²) in [6.07, 6.45) is 11.8. The van der Waals surface area contributed by atoms with Gasteiger partial charge in [-0.3, -0.25) is 14.4 Å². The Labute approximate surface area is 255 Å². The predicted octanol–water partition coefficient (Wildman–Crippen LogP) is 5.88. The maximum atomic E-state index is 14.9. The zero-order chi connectivity index (χ0) is 30.8. The average Bonchev–Trinajstić information content (AvgIpc) is 3.00. The first-order valence-electron chi connectivity index (χ1n) is 16.3. The van der Waals surface area contributed by atoms with Crippen molar-refractivity contribution in [1.82, 2.24) is 14.4 Å². The number of piperidine rings is 2. The monoisotopic (exact) mass is 593 g/mol. The number of likely N-dealkylation sites (tertiary alicyclic amines) is 2. The van der Waals surface area contributed by atoms with Crippen molar-refractivity contribution in [3.63, 3.8) is 0 Å². The number of pyridine rings is 1. The zero-order valence-electron chi connectivity index (χ0n) is 26.1. The van der Waals surface area contributed by atoms with Gasteiger partial charge in [0.2, 0.25) is 5.91 Å². The summed E-state index contributed by atoms with van der Waals surface area (Å²) < 4.78 is 16.3. The second kappa shape index (κ2) is 12.9. The molecule has 2 aliphatic heterocycles. The number of hydrogen-bond acceptors (Lipinski definition) is 4. The fraction of sp³-hybridized carbons (Fsp3) is 0.629. The SMILES string of the molecule is C[C@H](CC1CCCCC1)C(=O)N1CC[C@@](O)(Cn2cc(C(=O)N3CCCCC3)c(-c3ccccc3F)cc2=O)C(C)(C)C1. The van der Waals surface area contributed by atoms with Crippen LogP contribution in [0.3, 0.4) is 0 Å². The minimum absolute atomic E-state index is 0.0175. The lowest BCUT2D eigenvalue weighted by Gasteiger charge is -2.51. The average molecular weight is 594 g/mol. The third-order valence-corrected chi connectivity index (χ3v) is 10.4. The predicted molar refractivity (Wildman–Crippen MR) is 166 cm³/mol. The van der Waals surface area contributed by atoms with E-state index in [4.69, 9.17) is 0 Å². The summed E-state index contributed by atoms with van der Waals surface area (Å²) in [4.78, 5) is 44.4. The quantitative estimate of drug-likeness (QED) is 0.435. The lowest BCUT2D eigenvalue weighted by molar-refractivity contribution is -0.157. The number of aromatic nitrogens is 1. The number of aliphatic hydroxyl groups is 1. The molecule has 2 atom stereocenters. The van der Waals surface area contributed by atoms with E-state index < -0.39 is 22.4 Å². The van der Waals surface area contributed by atoms with Crippen LogP contribution in [0, 0.1) is 23.1 Å². The smallest absolute Gasteiger partial charge is 0.255 e. The molecule has 3 fully saturated rings. The summed E-state index contributed by atoms with van der Waals surface area (Å²) in [6.45, 7) is 7.93. The summed E-state index contributed by atoms with van der Waals surface area (Å²) in [5.41, 5.74) is -1.65. The molecule has 1 aromatic carbocycles. The van der Waals surface area contributed by atoms with Crippen LogP contribution in [0.25, 0.3) is 11.1 Å². The van der Waals surface area contributed by atoms with E-state index in [1.54, 1.807) is 23.1 Å². The van der Waals surface area contributed by atoms with Crippen LogP contribution in [0.2, 0.25) is 0 Å². The van der Waals surface area contributed by atoms with Crippen LogP contribution in [0.5, 0.6) is 0 Å². The molecule has 2 saturated heterocycles. The Balaban J connectivity index is 1.39. The molecular weight excluding hydrogens is 545 g/mol. The minimum atomic E-state index is -1.29. The molecule has 1 N–H and O–H groups in total. The minimum Gasteiger partial charge on any atom is -0.387 e. The van der Waals surface area contributed by atoms with Gasteiger partial charge in [0.25, 0.3) is 11.5 Å². The Morgan fingerprint density at radius 3 is 2.33 bits per heavy atom. The van der Waals surface area contributed by atoms with Crippen molar-refractivity contribution in [3.05, 3.63) is 58.3 Å². The molecule has 1 aliphatic carbocycles. The Morgan fingerprint density at radius 1 is 0.977 bits per heavy atom. The van der Waals surface area contributed by atoms with E-state index in [2.05, 4.69) is 0 Å². The van der Waals surface area contributed by atoms with Crippen LogP contribution in [0.4, 0.5) is 4.39 Å². The number of hydrogen-bond donors (Lipinski definition) is 1. The van der Waals surface area contributed by atoms with Gasteiger partial charge in [-0.25, -0.2) is 4.39 Å². The van der Waals surface area contributed by atoms with Crippen molar-refractivity contribution in [2.24, 2.45) is 17.3 Å². The second-order valence-electron chi connectivity index (χ2n) is 14.0. The summed E-state index contributed by atoms with van der Waals surface area (Å²) in [5.74, 6) is -0.0285. The van der Waals surface area contributed by atoms with Crippen molar-refractivity contribution in [2.75, 3.05) is 26.2 Å². The third-order valence-electron chi connectivity index (χ3n) is 10.4. The maximum Gasteiger partial charge on any atom is 0.255 e. The Morgan fingerprint density at radius 2 is 1.65 bits per heavy atom. The van der Waals surface area contributed by atoms with Crippen molar-refractivity contribution < 1.29 is 19.1 Å². The van der Waals surface area contributed by atoms with Gasteiger partial charge in [0.05, 0.1) is 17.7 Å². The van der Waals surface area contributed by atoms with E-state index in [1.165, 1.54) is 55.0 Å². The molecule has 0 spiro atoms. The van der Waals surface area contributed by atoms with Crippen LogP contribution in [0.1, 0.15) is 95.3 Å². The highest BCUT2D eigenvalue weighted by molar-refractivity contribution is 6.00. The first-order valence-corrected chi connectivity index (χ1v) is 16.3. The first-order chi connectivity index (χ1) is 20.5. The van der Waals surface area contributed by atoms with E-state index in [-0.39, 0.29) is 41.0 Å². The molecule has 1 aromatic heterocycles. The number of benzene rings is 1. The fourth-order valence-electron chi connectivity index (χ4n) is 7.50. The van der Waals surface area contributed by atoms with E-state index in [0.29, 0.717) is 38.5 Å². The van der Waals surface area contributed by atoms with Crippen LogP contribution >= 0.6 is 0 Å². The van der Waals surface area contributed by atoms with Gasteiger partial charge < -0.3 is 19.5 Å². The molecule has 43 heavy (non-hydrogen) atoms. The van der Waals surface area contributed by atoms with Gasteiger partial charge in [0, 0.05) is 60.9 Å². The van der Waals surface area contributed by atoms with Gasteiger partial charge in [-0.1, -0.05) is 71.1 Å². The Hall–Kier alpha value is -3.00. The molecule has 2 aromatic rings.